The van der Waals surface area contributed by atoms with Gasteiger partial charge < -0.3 is 14.2 Å². The third-order valence-corrected chi connectivity index (χ3v) is 4.57. The zero-order chi connectivity index (χ0) is 18.8. The molecule has 0 N–H and O–H groups in total. The van der Waals surface area contributed by atoms with Crippen molar-refractivity contribution in [3.63, 3.8) is 0 Å². The predicted octanol–water partition coefficient (Wildman–Crippen LogP) is 4.79. The standard InChI is InChI=1S/C23H18O4/c1-25-17-11-7-15(8-12-17)21(16-9-13-18(26-2)14-10-16)22-19-5-3-4-6-20(19)23(24)27-22/h3-14H,1-2H3. The fourth-order valence-electron chi connectivity index (χ4n) is 3.19. The SMILES string of the molecule is COc1ccc(C(=C2OC(=O)c3ccccc32)c2ccc(OC)cc2)cc1. The normalized spacial score (nSPS) is 12.4. The molecular weight excluding hydrogens is 340 g/mol. The maximum absolute atomic E-state index is 12.3. The summed E-state index contributed by atoms with van der Waals surface area (Å²) in [6.45, 7) is 0. The summed E-state index contributed by atoms with van der Waals surface area (Å²) in [6.07, 6.45) is 0. The maximum atomic E-state index is 12.3. The van der Waals surface area contributed by atoms with Gasteiger partial charge in [0.15, 0.2) is 0 Å². The van der Waals surface area contributed by atoms with Crippen LogP contribution in [0.1, 0.15) is 27.0 Å². The van der Waals surface area contributed by atoms with E-state index in [1.165, 1.54) is 0 Å². The number of ether oxygens (including phenoxy) is 3. The average Bonchev–Trinajstić information content (AvgIpc) is 3.06. The fraction of sp³-hybridized carbons (Fsp3) is 0.0870. The molecule has 134 valence electrons. The van der Waals surface area contributed by atoms with Gasteiger partial charge in [-0.25, -0.2) is 4.79 Å². The monoisotopic (exact) mass is 358 g/mol. The van der Waals surface area contributed by atoms with Crippen LogP contribution in [0.4, 0.5) is 0 Å². The zero-order valence-electron chi connectivity index (χ0n) is 15.1. The van der Waals surface area contributed by atoms with Gasteiger partial charge in [-0.15, -0.1) is 0 Å². The minimum absolute atomic E-state index is 0.333. The molecule has 0 fully saturated rings. The Morgan fingerprint density at radius 1 is 0.704 bits per heavy atom. The molecular formula is C23H18O4. The summed E-state index contributed by atoms with van der Waals surface area (Å²) in [4.78, 5) is 12.3. The van der Waals surface area contributed by atoms with Gasteiger partial charge in [0.2, 0.25) is 0 Å². The summed E-state index contributed by atoms with van der Waals surface area (Å²) in [5, 5.41) is 0. The Morgan fingerprint density at radius 3 is 1.67 bits per heavy atom. The molecule has 0 saturated carbocycles. The van der Waals surface area contributed by atoms with Crippen molar-refractivity contribution in [2.75, 3.05) is 14.2 Å². The minimum atomic E-state index is -0.333. The van der Waals surface area contributed by atoms with Crippen molar-refractivity contribution < 1.29 is 19.0 Å². The molecule has 4 nitrogen and oxygen atoms in total. The highest BCUT2D eigenvalue weighted by Gasteiger charge is 2.29. The Morgan fingerprint density at radius 2 is 1.19 bits per heavy atom. The van der Waals surface area contributed by atoms with Crippen LogP contribution in [0.2, 0.25) is 0 Å². The van der Waals surface area contributed by atoms with Crippen LogP contribution < -0.4 is 9.47 Å². The number of esters is 1. The van der Waals surface area contributed by atoms with Gasteiger partial charge in [0.25, 0.3) is 0 Å². The van der Waals surface area contributed by atoms with Gasteiger partial charge in [-0.2, -0.15) is 0 Å². The molecule has 0 radical (unpaired) electrons. The summed E-state index contributed by atoms with van der Waals surface area (Å²) in [7, 11) is 3.26. The molecule has 0 atom stereocenters. The van der Waals surface area contributed by atoms with Crippen LogP contribution in [-0.2, 0) is 4.74 Å². The highest BCUT2D eigenvalue weighted by atomic mass is 16.5. The van der Waals surface area contributed by atoms with E-state index < -0.39 is 0 Å². The molecule has 3 aromatic rings. The molecule has 0 aromatic heterocycles. The number of rotatable bonds is 4. The van der Waals surface area contributed by atoms with Gasteiger partial charge in [0, 0.05) is 11.1 Å². The molecule has 4 rings (SSSR count). The van der Waals surface area contributed by atoms with Crippen LogP contribution in [0.5, 0.6) is 11.5 Å². The lowest BCUT2D eigenvalue weighted by Gasteiger charge is -2.13. The lowest BCUT2D eigenvalue weighted by atomic mass is 9.93. The van der Waals surface area contributed by atoms with Crippen molar-refractivity contribution in [3.05, 3.63) is 95.1 Å². The van der Waals surface area contributed by atoms with Gasteiger partial charge in [-0.05, 0) is 41.5 Å². The second kappa shape index (κ2) is 7.00. The van der Waals surface area contributed by atoms with Gasteiger partial charge in [-0.3, -0.25) is 0 Å². The van der Waals surface area contributed by atoms with E-state index in [1.54, 1.807) is 20.3 Å². The Kier molecular flexibility index (Phi) is 4.38. The molecule has 0 amide bonds. The average molecular weight is 358 g/mol. The van der Waals surface area contributed by atoms with Crippen molar-refractivity contribution in [2.24, 2.45) is 0 Å². The predicted molar refractivity (Wildman–Crippen MR) is 104 cm³/mol. The van der Waals surface area contributed by atoms with E-state index in [0.717, 1.165) is 33.8 Å². The van der Waals surface area contributed by atoms with Gasteiger partial charge in [0.05, 0.1) is 19.8 Å². The molecule has 1 heterocycles. The first-order valence-electron chi connectivity index (χ1n) is 8.56. The van der Waals surface area contributed by atoms with Crippen LogP contribution in [0, 0.1) is 0 Å². The highest BCUT2D eigenvalue weighted by molar-refractivity contribution is 6.10. The number of hydrogen-bond donors (Lipinski definition) is 0. The molecule has 1 aliphatic heterocycles. The summed E-state index contributed by atoms with van der Waals surface area (Å²) in [5.41, 5.74) is 4.08. The van der Waals surface area contributed by atoms with E-state index in [9.17, 15) is 4.79 Å². The quantitative estimate of drug-likeness (QED) is 0.629. The summed E-state index contributed by atoms with van der Waals surface area (Å²) < 4.78 is 16.2. The third-order valence-electron chi connectivity index (χ3n) is 4.57. The van der Waals surface area contributed by atoms with E-state index in [1.807, 2.05) is 66.7 Å². The number of carbonyl (C=O) groups is 1. The number of fused-ring (bicyclic) bond motifs is 1. The second-order valence-corrected chi connectivity index (χ2v) is 6.10. The van der Waals surface area contributed by atoms with Gasteiger partial charge >= 0.3 is 5.97 Å². The molecule has 27 heavy (non-hydrogen) atoms. The number of cyclic esters (lactones) is 1. The van der Waals surface area contributed by atoms with E-state index >= 15 is 0 Å². The van der Waals surface area contributed by atoms with E-state index in [-0.39, 0.29) is 5.97 Å². The molecule has 0 unspecified atom stereocenters. The number of hydrogen-bond acceptors (Lipinski definition) is 4. The molecule has 3 aromatic carbocycles. The Balaban J connectivity index is 1.94. The van der Waals surface area contributed by atoms with E-state index in [4.69, 9.17) is 14.2 Å². The summed E-state index contributed by atoms with van der Waals surface area (Å²) in [5.74, 6) is 1.76. The summed E-state index contributed by atoms with van der Waals surface area (Å²) >= 11 is 0. The molecule has 1 aliphatic rings. The summed E-state index contributed by atoms with van der Waals surface area (Å²) in [6, 6.07) is 22.8. The second-order valence-electron chi connectivity index (χ2n) is 6.10. The Labute approximate surface area is 157 Å². The third kappa shape index (κ3) is 3.06. The topological polar surface area (TPSA) is 44.8 Å². The largest absolute Gasteiger partial charge is 0.497 e. The van der Waals surface area contributed by atoms with Crippen molar-refractivity contribution in [1.29, 1.82) is 0 Å². The number of carbonyl (C=O) groups excluding carboxylic acids is 1. The van der Waals surface area contributed by atoms with Crippen molar-refractivity contribution in [3.8, 4) is 11.5 Å². The first-order valence-corrected chi connectivity index (χ1v) is 8.56. The van der Waals surface area contributed by atoms with Gasteiger partial charge in [-0.1, -0.05) is 42.5 Å². The Hall–Kier alpha value is -3.53. The van der Waals surface area contributed by atoms with Crippen molar-refractivity contribution in [1.82, 2.24) is 0 Å². The molecule has 0 spiro atoms. The van der Waals surface area contributed by atoms with Crippen LogP contribution in [0.15, 0.2) is 72.8 Å². The minimum Gasteiger partial charge on any atom is -0.497 e. The highest BCUT2D eigenvalue weighted by Crippen LogP contribution is 2.39. The van der Waals surface area contributed by atoms with E-state index in [2.05, 4.69) is 0 Å². The van der Waals surface area contributed by atoms with Gasteiger partial charge in [0.1, 0.15) is 17.3 Å². The van der Waals surface area contributed by atoms with Crippen LogP contribution in [0.3, 0.4) is 0 Å². The van der Waals surface area contributed by atoms with Crippen LogP contribution in [-0.4, -0.2) is 20.2 Å². The van der Waals surface area contributed by atoms with Crippen molar-refractivity contribution >= 4 is 17.3 Å². The number of benzene rings is 3. The lowest BCUT2D eigenvalue weighted by Crippen LogP contribution is -1.96. The van der Waals surface area contributed by atoms with Crippen LogP contribution >= 0.6 is 0 Å². The molecule has 4 heteroatoms. The lowest BCUT2D eigenvalue weighted by molar-refractivity contribution is 0.0716. The molecule has 0 saturated heterocycles. The number of methoxy groups -OCH3 is 2. The first-order chi connectivity index (χ1) is 13.2. The first kappa shape index (κ1) is 16.9. The van der Waals surface area contributed by atoms with Crippen LogP contribution in [0.25, 0.3) is 11.3 Å². The van der Waals surface area contributed by atoms with E-state index in [0.29, 0.717) is 11.3 Å². The Bertz CT molecular complexity index is 966. The molecule has 0 aliphatic carbocycles. The zero-order valence-corrected chi connectivity index (χ0v) is 15.1. The van der Waals surface area contributed by atoms with Crippen molar-refractivity contribution in [2.45, 2.75) is 0 Å². The molecule has 0 bridgehead atoms. The fourth-order valence-corrected chi connectivity index (χ4v) is 3.19. The maximum Gasteiger partial charge on any atom is 0.344 e. The smallest absolute Gasteiger partial charge is 0.344 e.